The van der Waals surface area contributed by atoms with E-state index >= 15 is 0 Å². The van der Waals surface area contributed by atoms with Crippen LogP contribution < -0.4 is 5.32 Å². The average molecular weight is 458 g/mol. The van der Waals surface area contributed by atoms with Crippen molar-refractivity contribution in [3.05, 3.63) is 83.8 Å². The standard InChI is InChI=1S/C24H32N3O4P/c1-2-3-4-5-11-20-12-6-7-13-21(20)24(23-18-31-19-26-23,22-14-8-9-15-25-22)27-16-10-17-32(28,29)30/h6-9,12-15,18-19,27H,2-5,10-11,16-17H2,1H3,(H2,28,29,30). The molecule has 8 heteroatoms. The van der Waals surface area contributed by atoms with Crippen LogP contribution >= 0.6 is 7.60 Å². The summed E-state index contributed by atoms with van der Waals surface area (Å²) in [5.41, 5.74) is 2.74. The Morgan fingerprint density at radius 3 is 2.50 bits per heavy atom. The lowest BCUT2D eigenvalue weighted by Crippen LogP contribution is -2.47. The summed E-state index contributed by atoms with van der Waals surface area (Å²) in [6.07, 6.45) is 10.4. The largest absolute Gasteiger partial charge is 0.451 e. The minimum absolute atomic E-state index is 0.185. The van der Waals surface area contributed by atoms with E-state index in [-0.39, 0.29) is 6.16 Å². The first-order valence-corrected chi connectivity index (χ1v) is 13.0. The van der Waals surface area contributed by atoms with Crippen molar-refractivity contribution in [2.45, 2.75) is 51.0 Å². The van der Waals surface area contributed by atoms with Gasteiger partial charge in [-0.05, 0) is 49.1 Å². The Morgan fingerprint density at radius 1 is 1.00 bits per heavy atom. The highest BCUT2D eigenvalue weighted by atomic mass is 31.2. The second kappa shape index (κ2) is 11.5. The first kappa shape index (κ1) is 24.3. The molecule has 0 radical (unpaired) electrons. The number of nitrogens with one attached hydrogen (secondary N) is 1. The highest BCUT2D eigenvalue weighted by molar-refractivity contribution is 7.51. The Kier molecular flexibility index (Phi) is 8.76. The number of hydrogen-bond donors (Lipinski definition) is 3. The topological polar surface area (TPSA) is 108 Å². The van der Waals surface area contributed by atoms with Gasteiger partial charge >= 0.3 is 7.60 Å². The molecule has 3 rings (SSSR count). The van der Waals surface area contributed by atoms with Gasteiger partial charge in [-0.3, -0.25) is 14.9 Å². The van der Waals surface area contributed by atoms with Crippen LogP contribution in [0.5, 0.6) is 0 Å². The molecule has 172 valence electrons. The minimum atomic E-state index is -4.07. The third-order valence-corrected chi connectivity index (χ3v) is 6.50. The summed E-state index contributed by atoms with van der Waals surface area (Å²) in [6, 6.07) is 14.0. The molecule has 2 heterocycles. The Bertz CT molecular complexity index is 991. The number of hydrogen-bond acceptors (Lipinski definition) is 5. The van der Waals surface area contributed by atoms with Crippen LogP contribution in [0.2, 0.25) is 0 Å². The quantitative estimate of drug-likeness (QED) is 0.253. The Morgan fingerprint density at radius 2 is 1.81 bits per heavy atom. The van der Waals surface area contributed by atoms with E-state index in [9.17, 15) is 14.4 Å². The number of unbranched alkanes of at least 4 members (excludes halogenated alkanes) is 3. The Balaban J connectivity index is 2.05. The van der Waals surface area contributed by atoms with Crippen molar-refractivity contribution in [2.24, 2.45) is 0 Å². The number of pyridine rings is 1. The van der Waals surface area contributed by atoms with Crippen molar-refractivity contribution in [1.82, 2.24) is 15.3 Å². The van der Waals surface area contributed by atoms with Crippen LogP contribution in [-0.4, -0.2) is 32.5 Å². The second-order valence-corrected chi connectivity index (χ2v) is 9.75. The lowest BCUT2D eigenvalue weighted by atomic mass is 9.79. The van der Waals surface area contributed by atoms with Gasteiger partial charge in [0.05, 0.1) is 11.9 Å². The maximum absolute atomic E-state index is 11.4. The molecule has 3 N–H and O–H groups in total. The number of aromatic nitrogens is 2. The van der Waals surface area contributed by atoms with Gasteiger partial charge in [0.25, 0.3) is 0 Å². The van der Waals surface area contributed by atoms with E-state index < -0.39 is 13.1 Å². The van der Waals surface area contributed by atoms with Crippen LogP contribution in [0.3, 0.4) is 0 Å². The number of oxazole rings is 1. The number of aryl methyl sites for hydroxylation is 1. The summed E-state index contributed by atoms with van der Waals surface area (Å²) >= 11 is 0. The molecule has 2 aromatic heterocycles. The van der Waals surface area contributed by atoms with E-state index in [1.54, 1.807) is 12.5 Å². The van der Waals surface area contributed by atoms with Gasteiger partial charge in [0.15, 0.2) is 6.39 Å². The van der Waals surface area contributed by atoms with Gasteiger partial charge in [0.2, 0.25) is 0 Å². The molecule has 0 aliphatic carbocycles. The minimum Gasteiger partial charge on any atom is -0.451 e. The van der Waals surface area contributed by atoms with Gasteiger partial charge < -0.3 is 14.2 Å². The first-order chi connectivity index (χ1) is 15.5. The average Bonchev–Trinajstić information content (AvgIpc) is 3.33. The molecule has 32 heavy (non-hydrogen) atoms. The molecule has 0 bridgehead atoms. The van der Waals surface area contributed by atoms with Crippen LogP contribution in [0.15, 0.2) is 65.7 Å². The van der Waals surface area contributed by atoms with E-state index in [1.165, 1.54) is 31.2 Å². The van der Waals surface area contributed by atoms with Crippen LogP contribution in [0.1, 0.15) is 61.5 Å². The lowest BCUT2D eigenvalue weighted by Gasteiger charge is -2.35. The van der Waals surface area contributed by atoms with Gasteiger partial charge in [-0.2, -0.15) is 0 Å². The van der Waals surface area contributed by atoms with Crippen molar-refractivity contribution in [3.63, 3.8) is 0 Å². The number of nitrogens with zero attached hydrogens (tertiary/aromatic N) is 2. The normalized spacial score (nSPS) is 13.7. The molecule has 0 amide bonds. The maximum Gasteiger partial charge on any atom is 0.325 e. The molecule has 0 aliphatic rings. The van der Waals surface area contributed by atoms with Gasteiger partial charge in [-0.15, -0.1) is 0 Å². The van der Waals surface area contributed by atoms with Gasteiger partial charge in [-0.1, -0.05) is 56.5 Å². The molecule has 0 aliphatic heterocycles. The maximum atomic E-state index is 11.4. The molecular weight excluding hydrogens is 425 g/mol. The van der Waals surface area contributed by atoms with E-state index in [0.29, 0.717) is 18.7 Å². The number of benzene rings is 1. The van der Waals surface area contributed by atoms with Crippen LogP contribution in [0, 0.1) is 0 Å². The first-order valence-electron chi connectivity index (χ1n) is 11.2. The predicted molar refractivity (Wildman–Crippen MR) is 124 cm³/mol. The SMILES string of the molecule is CCCCCCc1ccccc1C(NCCCP(=O)(O)O)(c1ccccn1)c1cocn1. The van der Waals surface area contributed by atoms with Crippen molar-refractivity contribution in [1.29, 1.82) is 0 Å². The van der Waals surface area contributed by atoms with E-state index in [2.05, 4.69) is 34.3 Å². The summed E-state index contributed by atoms with van der Waals surface area (Å²) in [6.45, 7) is 2.57. The van der Waals surface area contributed by atoms with Crippen molar-refractivity contribution in [2.75, 3.05) is 12.7 Å². The van der Waals surface area contributed by atoms with Crippen LogP contribution in [0.4, 0.5) is 0 Å². The lowest BCUT2D eigenvalue weighted by molar-refractivity contribution is 0.368. The summed E-state index contributed by atoms with van der Waals surface area (Å²) in [7, 11) is -4.07. The molecule has 1 aromatic carbocycles. The van der Waals surface area contributed by atoms with Crippen molar-refractivity contribution < 1.29 is 18.8 Å². The van der Waals surface area contributed by atoms with Gasteiger partial charge in [0.1, 0.15) is 17.5 Å². The third-order valence-electron chi connectivity index (χ3n) is 5.60. The van der Waals surface area contributed by atoms with Crippen LogP contribution in [0.25, 0.3) is 0 Å². The fraction of sp³-hybridized carbons (Fsp3) is 0.417. The fourth-order valence-electron chi connectivity index (χ4n) is 4.07. The molecular formula is C24H32N3O4P. The highest BCUT2D eigenvalue weighted by Gasteiger charge is 2.41. The highest BCUT2D eigenvalue weighted by Crippen LogP contribution is 2.38. The molecule has 0 saturated heterocycles. The van der Waals surface area contributed by atoms with E-state index in [0.717, 1.165) is 24.1 Å². The van der Waals surface area contributed by atoms with Gasteiger partial charge in [-0.25, -0.2) is 4.98 Å². The zero-order chi connectivity index (χ0) is 22.9. The summed E-state index contributed by atoms with van der Waals surface area (Å²) < 4.78 is 16.8. The molecule has 1 atom stereocenters. The van der Waals surface area contributed by atoms with Crippen molar-refractivity contribution in [3.8, 4) is 0 Å². The zero-order valence-corrected chi connectivity index (χ0v) is 19.4. The van der Waals surface area contributed by atoms with E-state index in [4.69, 9.17) is 4.42 Å². The fourth-order valence-corrected chi connectivity index (χ4v) is 4.64. The predicted octanol–water partition coefficient (Wildman–Crippen LogP) is 4.64. The molecule has 0 spiro atoms. The molecule has 7 nitrogen and oxygen atoms in total. The molecule has 1 unspecified atom stereocenters. The monoisotopic (exact) mass is 457 g/mol. The Labute approximate surface area is 189 Å². The smallest absolute Gasteiger partial charge is 0.325 e. The second-order valence-electron chi connectivity index (χ2n) is 7.98. The summed E-state index contributed by atoms with van der Waals surface area (Å²) in [5.74, 6) is 0. The molecule has 0 saturated carbocycles. The third kappa shape index (κ3) is 6.14. The molecule has 0 fully saturated rings. The molecule has 3 aromatic rings. The van der Waals surface area contributed by atoms with Crippen molar-refractivity contribution >= 4 is 7.60 Å². The summed E-state index contributed by atoms with van der Waals surface area (Å²) in [4.78, 5) is 27.7. The summed E-state index contributed by atoms with van der Waals surface area (Å²) in [5, 5.41) is 3.55. The zero-order valence-electron chi connectivity index (χ0n) is 18.5. The van der Waals surface area contributed by atoms with Crippen LogP contribution in [-0.2, 0) is 16.5 Å². The van der Waals surface area contributed by atoms with E-state index in [1.807, 2.05) is 30.3 Å². The van der Waals surface area contributed by atoms with Gasteiger partial charge in [0, 0.05) is 6.20 Å². The number of rotatable bonds is 13. The Hall–Kier alpha value is -2.31.